The summed E-state index contributed by atoms with van der Waals surface area (Å²) in [5.74, 6) is 0. The topological polar surface area (TPSA) is 36.4 Å². The average Bonchev–Trinajstić information content (AvgIpc) is 2.74. The van der Waals surface area contributed by atoms with Crippen LogP contribution in [0.5, 0.6) is 0 Å². The molecule has 0 bridgehead atoms. The van der Waals surface area contributed by atoms with E-state index in [0.717, 1.165) is 23.5 Å². The first-order valence-corrected chi connectivity index (χ1v) is 7.32. The van der Waals surface area contributed by atoms with Crippen molar-refractivity contribution < 1.29 is 5.11 Å². The van der Waals surface area contributed by atoms with E-state index in [4.69, 9.17) is 11.6 Å². The molecule has 5 heteroatoms. The number of anilines is 1. The van der Waals surface area contributed by atoms with E-state index in [9.17, 15) is 5.11 Å². The van der Waals surface area contributed by atoms with Crippen molar-refractivity contribution in [2.45, 2.75) is 26.5 Å². The maximum Gasteiger partial charge on any atom is 0.0798 e. The first kappa shape index (κ1) is 14.3. The number of rotatable bonds is 4. The average molecular weight is 297 g/mol. The molecule has 1 N–H and O–H groups in total. The molecule has 1 aromatic carbocycles. The van der Waals surface area contributed by atoms with Crippen molar-refractivity contribution in [3.05, 3.63) is 44.9 Å². The molecule has 0 saturated heterocycles. The Balaban J connectivity index is 2.20. The molecular formula is C14H17ClN2OS. The Morgan fingerprint density at radius 3 is 2.74 bits per heavy atom. The number of aliphatic hydroxyl groups is 1. The minimum Gasteiger partial charge on any atom is -0.389 e. The standard InChI is InChI=1S/C14H17ClN2OS/c1-9-14(19-8-16-9)7-17(3)13-5-4-11(10(2)18)6-12(13)15/h4-6,8,10,18H,7H2,1-3H3/t10-/m0/s1. The van der Waals surface area contributed by atoms with E-state index in [2.05, 4.69) is 9.88 Å². The smallest absolute Gasteiger partial charge is 0.0798 e. The zero-order chi connectivity index (χ0) is 14.0. The number of aryl methyl sites for hydroxylation is 1. The van der Waals surface area contributed by atoms with Crippen LogP contribution < -0.4 is 4.90 Å². The monoisotopic (exact) mass is 296 g/mol. The van der Waals surface area contributed by atoms with Crippen molar-refractivity contribution in [1.82, 2.24) is 4.98 Å². The van der Waals surface area contributed by atoms with Crippen molar-refractivity contribution in [2.75, 3.05) is 11.9 Å². The van der Waals surface area contributed by atoms with Crippen molar-refractivity contribution in [3.8, 4) is 0 Å². The van der Waals surface area contributed by atoms with Crippen LogP contribution in [0.2, 0.25) is 5.02 Å². The lowest BCUT2D eigenvalue weighted by molar-refractivity contribution is 0.199. The number of hydrogen-bond donors (Lipinski definition) is 1. The molecule has 102 valence electrons. The van der Waals surface area contributed by atoms with Gasteiger partial charge in [0.25, 0.3) is 0 Å². The van der Waals surface area contributed by atoms with E-state index in [-0.39, 0.29) is 0 Å². The van der Waals surface area contributed by atoms with E-state index in [0.29, 0.717) is 5.02 Å². The van der Waals surface area contributed by atoms with E-state index in [1.165, 1.54) is 4.88 Å². The van der Waals surface area contributed by atoms with E-state index in [1.54, 1.807) is 18.3 Å². The molecule has 0 aliphatic carbocycles. The molecule has 1 aromatic heterocycles. The second-order valence-electron chi connectivity index (χ2n) is 4.60. The molecule has 0 radical (unpaired) electrons. The molecule has 0 saturated carbocycles. The van der Waals surface area contributed by atoms with Crippen LogP contribution in [0, 0.1) is 6.92 Å². The zero-order valence-electron chi connectivity index (χ0n) is 11.2. The van der Waals surface area contributed by atoms with Gasteiger partial charge < -0.3 is 10.0 Å². The molecule has 0 aliphatic rings. The first-order valence-electron chi connectivity index (χ1n) is 6.06. The Hall–Kier alpha value is -1.10. The van der Waals surface area contributed by atoms with Gasteiger partial charge in [0.1, 0.15) is 0 Å². The second kappa shape index (κ2) is 5.90. The summed E-state index contributed by atoms with van der Waals surface area (Å²) in [6.07, 6.45) is -0.499. The summed E-state index contributed by atoms with van der Waals surface area (Å²) in [5.41, 5.74) is 4.71. The van der Waals surface area contributed by atoms with Gasteiger partial charge in [-0.05, 0) is 31.5 Å². The Morgan fingerprint density at radius 2 is 2.21 bits per heavy atom. The van der Waals surface area contributed by atoms with Gasteiger partial charge in [-0.2, -0.15) is 0 Å². The number of aliphatic hydroxyl groups excluding tert-OH is 1. The SMILES string of the molecule is Cc1ncsc1CN(C)c1ccc([C@H](C)O)cc1Cl. The number of nitrogens with zero attached hydrogens (tertiary/aromatic N) is 2. The van der Waals surface area contributed by atoms with E-state index < -0.39 is 6.10 Å². The highest BCUT2D eigenvalue weighted by Crippen LogP contribution is 2.30. The van der Waals surface area contributed by atoms with Gasteiger partial charge in [0.05, 0.1) is 34.6 Å². The van der Waals surface area contributed by atoms with Crippen LogP contribution in [-0.2, 0) is 6.54 Å². The minimum atomic E-state index is -0.499. The summed E-state index contributed by atoms with van der Waals surface area (Å²) >= 11 is 7.93. The molecule has 0 unspecified atom stereocenters. The summed E-state index contributed by atoms with van der Waals surface area (Å²) in [4.78, 5) is 7.58. The molecule has 0 amide bonds. The van der Waals surface area contributed by atoms with Crippen molar-refractivity contribution in [2.24, 2.45) is 0 Å². The Bertz CT molecular complexity index is 568. The third-order valence-corrected chi connectivity index (χ3v) is 4.31. The van der Waals surface area contributed by atoms with Crippen LogP contribution in [0.25, 0.3) is 0 Å². The van der Waals surface area contributed by atoms with Gasteiger partial charge in [-0.1, -0.05) is 17.7 Å². The Kier molecular flexibility index (Phi) is 4.45. The van der Waals surface area contributed by atoms with Crippen LogP contribution in [-0.4, -0.2) is 17.1 Å². The number of thiazole rings is 1. The molecule has 2 rings (SSSR count). The van der Waals surface area contributed by atoms with Crippen LogP contribution in [0.15, 0.2) is 23.7 Å². The first-order chi connectivity index (χ1) is 8.99. The van der Waals surface area contributed by atoms with Gasteiger partial charge in [0, 0.05) is 11.9 Å². The fourth-order valence-corrected chi connectivity index (χ4v) is 3.03. The summed E-state index contributed by atoms with van der Waals surface area (Å²) in [6.45, 7) is 4.53. The normalized spacial score (nSPS) is 12.5. The van der Waals surface area contributed by atoms with Crippen molar-refractivity contribution >= 4 is 28.6 Å². The molecule has 0 fully saturated rings. The molecule has 0 spiro atoms. The highest BCUT2D eigenvalue weighted by atomic mass is 35.5. The van der Waals surface area contributed by atoms with Crippen molar-refractivity contribution in [1.29, 1.82) is 0 Å². The van der Waals surface area contributed by atoms with Crippen molar-refractivity contribution in [3.63, 3.8) is 0 Å². The lowest BCUT2D eigenvalue weighted by atomic mass is 10.1. The fraction of sp³-hybridized carbons (Fsp3) is 0.357. The maximum absolute atomic E-state index is 9.54. The summed E-state index contributed by atoms with van der Waals surface area (Å²) in [7, 11) is 2.00. The number of benzene rings is 1. The zero-order valence-corrected chi connectivity index (χ0v) is 12.8. The Labute approximate surface area is 122 Å². The Morgan fingerprint density at radius 1 is 1.47 bits per heavy atom. The predicted molar refractivity (Wildman–Crippen MR) is 81.0 cm³/mol. The van der Waals surface area contributed by atoms with Crippen LogP contribution in [0.3, 0.4) is 0 Å². The summed E-state index contributed by atoms with van der Waals surface area (Å²) in [6, 6.07) is 5.67. The van der Waals surface area contributed by atoms with Crippen LogP contribution in [0.4, 0.5) is 5.69 Å². The minimum absolute atomic E-state index is 0.499. The predicted octanol–water partition coefficient (Wildman–Crippen LogP) is 3.79. The van der Waals surface area contributed by atoms with Gasteiger partial charge in [0.15, 0.2) is 0 Å². The third kappa shape index (κ3) is 3.26. The molecule has 19 heavy (non-hydrogen) atoms. The molecule has 1 atom stereocenters. The van der Waals surface area contributed by atoms with Gasteiger partial charge in [0.2, 0.25) is 0 Å². The molecule has 0 aliphatic heterocycles. The molecule has 1 heterocycles. The van der Waals surface area contributed by atoms with Gasteiger partial charge in [-0.15, -0.1) is 11.3 Å². The highest BCUT2D eigenvalue weighted by Gasteiger charge is 2.11. The molecule has 2 aromatic rings. The fourth-order valence-electron chi connectivity index (χ4n) is 1.87. The van der Waals surface area contributed by atoms with Gasteiger partial charge >= 0.3 is 0 Å². The quantitative estimate of drug-likeness (QED) is 0.932. The van der Waals surface area contributed by atoms with E-state index >= 15 is 0 Å². The van der Waals surface area contributed by atoms with Gasteiger partial charge in [-0.3, -0.25) is 0 Å². The lowest BCUT2D eigenvalue weighted by Gasteiger charge is -2.21. The third-order valence-electron chi connectivity index (χ3n) is 3.09. The largest absolute Gasteiger partial charge is 0.389 e. The number of hydrogen-bond acceptors (Lipinski definition) is 4. The number of halogens is 1. The highest BCUT2D eigenvalue weighted by molar-refractivity contribution is 7.09. The summed E-state index contributed by atoms with van der Waals surface area (Å²) < 4.78 is 0. The lowest BCUT2D eigenvalue weighted by Crippen LogP contribution is -2.16. The summed E-state index contributed by atoms with van der Waals surface area (Å²) in [5, 5.41) is 10.2. The van der Waals surface area contributed by atoms with E-state index in [1.807, 2.05) is 37.7 Å². The number of aromatic nitrogens is 1. The van der Waals surface area contributed by atoms with Crippen LogP contribution in [0.1, 0.15) is 29.2 Å². The second-order valence-corrected chi connectivity index (χ2v) is 5.95. The molecular weight excluding hydrogens is 280 g/mol. The van der Waals surface area contributed by atoms with Gasteiger partial charge in [-0.25, -0.2) is 4.98 Å². The maximum atomic E-state index is 9.54. The van der Waals surface area contributed by atoms with Crippen LogP contribution >= 0.6 is 22.9 Å². The molecule has 3 nitrogen and oxygen atoms in total.